The van der Waals surface area contributed by atoms with Gasteiger partial charge in [-0.05, 0) is 6.42 Å². The van der Waals surface area contributed by atoms with Crippen molar-refractivity contribution in [2.75, 3.05) is 6.54 Å². The van der Waals surface area contributed by atoms with Gasteiger partial charge in [0.1, 0.15) is 0 Å². The van der Waals surface area contributed by atoms with E-state index in [-0.39, 0.29) is 11.7 Å². The smallest absolute Gasteiger partial charge is 0.197 e. The molecule has 0 amide bonds. The molecule has 0 heterocycles. The lowest BCUT2D eigenvalue weighted by Crippen LogP contribution is -2.42. The van der Waals surface area contributed by atoms with E-state index in [1.165, 1.54) is 0 Å². The summed E-state index contributed by atoms with van der Waals surface area (Å²) in [5.74, 6) is 0. The molecule has 0 bridgehead atoms. The molecule has 0 aromatic carbocycles. The van der Waals surface area contributed by atoms with E-state index < -0.39 is 10.1 Å². The molecule has 0 aliphatic carbocycles. The minimum Gasteiger partial charge on any atom is -0.197 e. The monoisotopic (exact) mass is 177 g/mol. The summed E-state index contributed by atoms with van der Waals surface area (Å²) < 4.78 is 0. The maximum Gasteiger partial charge on any atom is 0.454 e. The fourth-order valence-electron chi connectivity index (χ4n) is 0.726. The van der Waals surface area contributed by atoms with Gasteiger partial charge in [-0.15, -0.1) is 0 Å². The summed E-state index contributed by atoms with van der Waals surface area (Å²) in [5, 5.41) is 18.1. The zero-order chi connectivity index (χ0) is 9.56. The number of nitrogens with zero attached hydrogens (tertiary/aromatic N) is 3. The number of hydrazine groups is 2. The lowest BCUT2D eigenvalue weighted by Gasteiger charge is -1.89. The second-order valence-electron chi connectivity index (χ2n) is 2.28. The number of nitro groups is 2. The standard InChI is InChI=1S/C5H11N3O4/c1-2-3-4-5-6(7(9)10)8(11)12/h2-5H2,1H3/q+1. The first-order chi connectivity index (χ1) is 5.59. The molecule has 0 saturated carbocycles. The summed E-state index contributed by atoms with van der Waals surface area (Å²) in [6.07, 6.45) is 2.11. The molecule has 0 unspecified atom stereocenters. The normalized spacial score (nSPS) is 10.2. The molecule has 0 rings (SSSR count). The molecule has 0 aromatic rings. The maximum atomic E-state index is 10.0. The molecule has 1 radical (unpaired) electrons. The van der Waals surface area contributed by atoms with Crippen LogP contribution in [0.2, 0.25) is 0 Å². The van der Waals surface area contributed by atoms with Gasteiger partial charge in [-0.3, -0.25) is 0 Å². The van der Waals surface area contributed by atoms with Crippen molar-refractivity contribution in [2.45, 2.75) is 26.2 Å². The third kappa shape index (κ3) is 3.81. The lowest BCUT2D eigenvalue weighted by atomic mass is 10.2. The molecule has 0 aliphatic heterocycles. The van der Waals surface area contributed by atoms with E-state index in [0.29, 0.717) is 6.42 Å². The Morgan fingerprint density at radius 2 is 1.58 bits per heavy atom. The van der Waals surface area contributed by atoms with Gasteiger partial charge in [0.15, 0.2) is 0 Å². The average Bonchev–Trinajstić information content (AvgIpc) is 1.96. The van der Waals surface area contributed by atoms with Crippen molar-refractivity contribution in [3.8, 4) is 0 Å². The van der Waals surface area contributed by atoms with Gasteiger partial charge < -0.3 is 0 Å². The summed E-state index contributed by atoms with van der Waals surface area (Å²) in [6, 6.07) is 0. The highest BCUT2D eigenvalue weighted by Gasteiger charge is 2.43. The van der Waals surface area contributed by atoms with Gasteiger partial charge in [0.25, 0.3) is 6.54 Å². The zero-order valence-electron chi connectivity index (χ0n) is 6.80. The molecule has 0 spiro atoms. The van der Waals surface area contributed by atoms with E-state index in [0.717, 1.165) is 12.8 Å². The van der Waals surface area contributed by atoms with Crippen LogP contribution in [0.25, 0.3) is 0 Å². The Labute approximate surface area is 69.2 Å². The van der Waals surface area contributed by atoms with Crippen LogP contribution in [0.5, 0.6) is 0 Å². The average molecular weight is 177 g/mol. The highest BCUT2D eigenvalue weighted by molar-refractivity contribution is 4.40. The highest BCUT2D eigenvalue weighted by Crippen LogP contribution is 1.95. The minimum absolute atomic E-state index is 0.00958. The highest BCUT2D eigenvalue weighted by atomic mass is 16.8. The Morgan fingerprint density at radius 1 is 1.08 bits per heavy atom. The van der Waals surface area contributed by atoms with Crippen molar-refractivity contribution in [3.63, 3.8) is 0 Å². The Kier molecular flexibility index (Phi) is 4.86. The van der Waals surface area contributed by atoms with Crippen LogP contribution in [0.1, 0.15) is 26.2 Å². The topological polar surface area (TPSA) is 92.2 Å². The maximum absolute atomic E-state index is 10.0. The summed E-state index contributed by atoms with van der Waals surface area (Å²) in [5.41, 5.74) is 0. The van der Waals surface area contributed by atoms with Crippen molar-refractivity contribution in [1.29, 1.82) is 0 Å². The van der Waals surface area contributed by atoms with Crippen LogP contribution in [0.4, 0.5) is 0 Å². The molecular weight excluding hydrogens is 166 g/mol. The summed E-state index contributed by atoms with van der Waals surface area (Å²) in [6.45, 7) is 1.79. The van der Waals surface area contributed by atoms with Crippen molar-refractivity contribution >= 4 is 0 Å². The molecule has 0 aliphatic rings. The molecule has 0 atom stereocenters. The van der Waals surface area contributed by atoms with Crippen LogP contribution in [0, 0.1) is 20.2 Å². The van der Waals surface area contributed by atoms with Crippen LogP contribution in [0.15, 0.2) is 0 Å². The third-order valence-corrected chi connectivity index (χ3v) is 1.34. The third-order valence-electron chi connectivity index (χ3n) is 1.34. The minimum atomic E-state index is -1.00. The van der Waals surface area contributed by atoms with Crippen LogP contribution < -0.4 is 5.12 Å². The number of hydrogen-bond donors (Lipinski definition) is 0. The first kappa shape index (κ1) is 10.8. The van der Waals surface area contributed by atoms with Gasteiger partial charge in [-0.1, -0.05) is 13.3 Å². The summed E-state index contributed by atoms with van der Waals surface area (Å²) >= 11 is 0. The van der Waals surface area contributed by atoms with Gasteiger partial charge in [-0.25, -0.2) is 0 Å². The predicted octanol–water partition coefficient (Wildman–Crippen LogP) is 0.700. The van der Waals surface area contributed by atoms with Crippen molar-refractivity contribution in [1.82, 2.24) is 5.12 Å². The summed E-state index contributed by atoms with van der Waals surface area (Å²) in [7, 11) is 0. The van der Waals surface area contributed by atoms with Crippen LogP contribution >= 0.6 is 0 Å². The van der Waals surface area contributed by atoms with E-state index in [1.807, 2.05) is 6.92 Å². The van der Waals surface area contributed by atoms with Crippen molar-refractivity contribution < 1.29 is 10.1 Å². The molecule has 0 fully saturated rings. The largest absolute Gasteiger partial charge is 0.454 e. The first-order valence-electron chi connectivity index (χ1n) is 3.65. The Bertz CT molecular complexity index is 158. The number of hydrogen-bond acceptors (Lipinski definition) is 4. The Hall–Kier alpha value is -1.24. The van der Waals surface area contributed by atoms with Gasteiger partial charge in [0.05, 0.1) is 0 Å². The fourth-order valence-corrected chi connectivity index (χ4v) is 0.726. The Morgan fingerprint density at radius 3 is 1.92 bits per heavy atom. The van der Waals surface area contributed by atoms with E-state index in [2.05, 4.69) is 0 Å². The molecule has 69 valence electrons. The summed E-state index contributed by atoms with van der Waals surface area (Å²) in [4.78, 5) is 20.0. The number of rotatable bonds is 6. The first-order valence-corrected chi connectivity index (χ1v) is 3.65. The van der Waals surface area contributed by atoms with E-state index >= 15 is 0 Å². The molecule has 0 saturated heterocycles. The molecule has 7 nitrogen and oxygen atoms in total. The van der Waals surface area contributed by atoms with Gasteiger partial charge in [0.2, 0.25) is 0 Å². The quantitative estimate of drug-likeness (QED) is 0.258. The Balaban J connectivity index is 3.80. The second kappa shape index (κ2) is 5.42. The van der Waals surface area contributed by atoms with Gasteiger partial charge >= 0.3 is 15.2 Å². The van der Waals surface area contributed by atoms with Crippen LogP contribution in [0.3, 0.4) is 0 Å². The van der Waals surface area contributed by atoms with E-state index in [9.17, 15) is 20.2 Å². The van der Waals surface area contributed by atoms with Gasteiger partial charge in [0, 0.05) is 6.42 Å². The molecule has 0 aromatic heterocycles. The molecule has 7 heteroatoms. The van der Waals surface area contributed by atoms with Crippen LogP contribution in [-0.2, 0) is 0 Å². The van der Waals surface area contributed by atoms with Crippen molar-refractivity contribution in [2.24, 2.45) is 0 Å². The molecule has 0 N–H and O–H groups in total. The van der Waals surface area contributed by atoms with E-state index in [4.69, 9.17) is 0 Å². The molecular formula is C5H11N3O4+. The SMILES string of the molecule is CCCCC[N+]([N+](=O)[O-])[N+](=O)[O-]. The van der Waals surface area contributed by atoms with Gasteiger partial charge in [-0.2, -0.15) is 20.2 Å². The van der Waals surface area contributed by atoms with E-state index in [1.54, 1.807) is 0 Å². The second-order valence-corrected chi connectivity index (χ2v) is 2.28. The fraction of sp³-hybridized carbons (Fsp3) is 1.00. The molecule has 12 heavy (non-hydrogen) atoms. The lowest BCUT2D eigenvalue weighted by molar-refractivity contribution is -0.843. The zero-order valence-corrected chi connectivity index (χ0v) is 6.80. The number of unbranched alkanes of at least 4 members (excludes halogenated alkanes) is 2. The van der Waals surface area contributed by atoms with Crippen LogP contribution in [-0.4, -0.2) is 16.6 Å². The predicted molar refractivity (Wildman–Crippen MR) is 40.5 cm³/mol. The van der Waals surface area contributed by atoms with Crippen molar-refractivity contribution in [3.05, 3.63) is 20.2 Å².